The molecule has 0 aromatic heterocycles. The molecule has 0 aliphatic rings. The van der Waals surface area contributed by atoms with Crippen LogP contribution < -0.4 is 4.74 Å². The highest BCUT2D eigenvalue weighted by atomic mass is 79.9. The number of halogens is 2. The minimum atomic E-state index is 0.628. The number of para-hydroxylation sites is 1. The Morgan fingerprint density at radius 3 is 2.57 bits per heavy atom. The molecule has 0 bridgehead atoms. The van der Waals surface area contributed by atoms with Crippen molar-refractivity contribution in [2.45, 2.75) is 5.33 Å². The molecule has 0 unspecified atom stereocenters. The number of hydrogen-bond donors (Lipinski definition) is 0. The highest BCUT2D eigenvalue weighted by molar-refractivity contribution is 9.08. The van der Waals surface area contributed by atoms with Crippen molar-refractivity contribution in [2.75, 3.05) is 7.11 Å². The van der Waals surface area contributed by atoms with Gasteiger partial charge in [0.25, 0.3) is 0 Å². The fourth-order valence-electron chi connectivity index (χ4n) is 2.66. The lowest BCUT2D eigenvalue weighted by atomic mass is 9.93. The Bertz CT molecular complexity index is 798. The molecule has 0 aliphatic heterocycles. The summed E-state index contributed by atoms with van der Waals surface area (Å²) < 4.78 is 5.53. The fourth-order valence-corrected chi connectivity index (χ4v) is 3.38. The van der Waals surface area contributed by atoms with Crippen LogP contribution in [0.1, 0.15) is 5.56 Å². The summed E-state index contributed by atoms with van der Waals surface area (Å²) in [7, 11) is 1.66. The summed E-state index contributed by atoms with van der Waals surface area (Å²) in [5, 5.41) is 3.82. The predicted molar refractivity (Wildman–Crippen MR) is 93.6 cm³/mol. The maximum absolute atomic E-state index is 6.29. The summed E-state index contributed by atoms with van der Waals surface area (Å²) in [6, 6.07) is 18.5. The van der Waals surface area contributed by atoms with Gasteiger partial charge in [-0.3, -0.25) is 0 Å². The van der Waals surface area contributed by atoms with Crippen LogP contribution in [0.15, 0.2) is 54.6 Å². The third-order valence-electron chi connectivity index (χ3n) is 3.60. The maximum Gasteiger partial charge on any atom is 0.145 e. The second-order valence-corrected chi connectivity index (χ2v) is 5.74. The molecule has 0 saturated carbocycles. The van der Waals surface area contributed by atoms with Crippen LogP contribution in [0.5, 0.6) is 5.75 Å². The van der Waals surface area contributed by atoms with Crippen LogP contribution in [-0.2, 0) is 5.33 Å². The second-order valence-electron chi connectivity index (χ2n) is 4.78. The third-order valence-corrected chi connectivity index (χ3v) is 4.50. The zero-order chi connectivity index (χ0) is 14.8. The molecular weight excluding hydrogens is 348 g/mol. The van der Waals surface area contributed by atoms with Crippen molar-refractivity contribution >= 4 is 38.3 Å². The normalized spacial score (nSPS) is 10.8. The lowest BCUT2D eigenvalue weighted by molar-refractivity contribution is 0.416. The Balaban J connectivity index is 2.41. The average Bonchev–Trinajstić information content (AvgIpc) is 2.53. The first-order chi connectivity index (χ1) is 10.3. The Labute approximate surface area is 137 Å². The predicted octanol–water partition coefficient (Wildman–Crippen LogP) is 6.06. The summed E-state index contributed by atoms with van der Waals surface area (Å²) in [6.45, 7) is 0. The van der Waals surface area contributed by atoms with Gasteiger partial charge in [0.05, 0.1) is 12.1 Å². The van der Waals surface area contributed by atoms with E-state index in [-0.39, 0.29) is 0 Å². The highest BCUT2D eigenvalue weighted by Gasteiger charge is 2.15. The van der Waals surface area contributed by atoms with Crippen LogP contribution in [0.3, 0.4) is 0 Å². The Hall–Kier alpha value is -1.51. The van der Waals surface area contributed by atoms with Gasteiger partial charge in [0, 0.05) is 10.9 Å². The van der Waals surface area contributed by atoms with Crippen LogP contribution in [0.25, 0.3) is 21.9 Å². The van der Waals surface area contributed by atoms with E-state index in [9.17, 15) is 0 Å². The van der Waals surface area contributed by atoms with Gasteiger partial charge in [-0.25, -0.2) is 0 Å². The van der Waals surface area contributed by atoms with E-state index in [2.05, 4.69) is 58.4 Å². The van der Waals surface area contributed by atoms with Gasteiger partial charge in [0.1, 0.15) is 5.75 Å². The monoisotopic (exact) mass is 360 g/mol. The summed E-state index contributed by atoms with van der Waals surface area (Å²) in [6.07, 6.45) is 0. The van der Waals surface area contributed by atoms with Gasteiger partial charge in [-0.15, -0.1) is 0 Å². The molecule has 0 saturated heterocycles. The Morgan fingerprint density at radius 1 is 1.00 bits per heavy atom. The molecule has 0 N–H and O–H groups in total. The molecular formula is C18H14BrClO. The largest absolute Gasteiger partial charge is 0.495 e. The molecule has 0 radical (unpaired) electrons. The van der Waals surface area contributed by atoms with Gasteiger partial charge in [0.2, 0.25) is 0 Å². The van der Waals surface area contributed by atoms with E-state index in [1.54, 1.807) is 7.11 Å². The number of methoxy groups -OCH3 is 1. The first-order valence-corrected chi connectivity index (χ1v) is 8.15. The van der Waals surface area contributed by atoms with Gasteiger partial charge in [-0.05, 0) is 28.0 Å². The van der Waals surface area contributed by atoms with Gasteiger partial charge >= 0.3 is 0 Å². The number of hydrogen-bond acceptors (Lipinski definition) is 1. The first-order valence-electron chi connectivity index (χ1n) is 6.65. The van der Waals surface area contributed by atoms with Crippen LogP contribution in [0.2, 0.25) is 5.02 Å². The molecule has 3 aromatic carbocycles. The van der Waals surface area contributed by atoms with Gasteiger partial charge < -0.3 is 4.74 Å². The van der Waals surface area contributed by atoms with Crippen molar-refractivity contribution < 1.29 is 4.74 Å². The minimum absolute atomic E-state index is 0.628. The molecule has 0 amide bonds. The van der Waals surface area contributed by atoms with Crippen molar-refractivity contribution in [1.82, 2.24) is 0 Å². The number of ether oxygens (including phenoxy) is 1. The number of benzene rings is 3. The zero-order valence-corrected chi connectivity index (χ0v) is 13.9. The van der Waals surface area contributed by atoms with E-state index in [1.165, 1.54) is 21.9 Å². The SMILES string of the molecule is COc1c(Cl)cccc1-c1c(CBr)ccc2ccccc12. The van der Waals surface area contributed by atoms with E-state index in [0.717, 1.165) is 16.6 Å². The highest BCUT2D eigenvalue weighted by Crippen LogP contribution is 2.41. The smallest absolute Gasteiger partial charge is 0.145 e. The van der Waals surface area contributed by atoms with Crippen molar-refractivity contribution in [2.24, 2.45) is 0 Å². The molecule has 21 heavy (non-hydrogen) atoms. The van der Waals surface area contributed by atoms with E-state index >= 15 is 0 Å². The van der Waals surface area contributed by atoms with Gasteiger partial charge in [-0.1, -0.05) is 76.1 Å². The molecule has 0 heterocycles. The van der Waals surface area contributed by atoms with Crippen LogP contribution in [-0.4, -0.2) is 7.11 Å². The summed E-state index contributed by atoms with van der Waals surface area (Å²) in [5.74, 6) is 0.720. The van der Waals surface area contributed by atoms with Crippen molar-refractivity contribution in [3.8, 4) is 16.9 Å². The van der Waals surface area contributed by atoms with E-state index in [4.69, 9.17) is 16.3 Å². The molecule has 3 aromatic rings. The second kappa shape index (κ2) is 6.08. The van der Waals surface area contributed by atoms with Crippen molar-refractivity contribution in [3.63, 3.8) is 0 Å². The standard InChI is InChI=1S/C18H14BrClO/c1-21-18-15(7-4-8-16(18)20)17-13(11-19)10-9-12-5-2-3-6-14(12)17/h2-10H,11H2,1H3. The third kappa shape index (κ3) is 2.54. The number of alkyl halides is 1. The molecule has 1 nitrogen and oxygen atoms in total. The summed E-state index contributed by atoms with van der Waals surface area (Å²) >= 11 is 9.87. The maximum atomic E-state index is 6.29. The number of fused-ring (bicyclic) bond motifs is 1. The van der Waals surface area contributed by atoms with Crippen molar-refractivity contribution in [1.29, 1.82) is 0 Å². The zero-order valence-electron chi connectivity index (χ0n) is 11.6. The lowest BCUT2D eigenvalue weighted by Crippen LogP contribution is -1.93. The molecule has 0 spiro atoms. The van der Waals surface area contributed by atoms with Gasteiger partial charge in [-0.2, -0.15) is 0 Å². The fraction of sp³-hybridized carbons (Fsp3) is 0.111. The molecule has 106 valence electrons. The van der Waals surface area contributed by atoms with Crippen molar-refractivity contribution in [3.05, 3.63) is 65.2 Å². The minimum Gasteiger partial charge on any atom is -0.495 e. The quantitative estimate of drug-likeness (QED) is 0.515. The number of rotatable bonds is 3. The van der Waals surface area contributed by atoms with E-state index < -0.39 is 0 Å². The molecule has 0 aliphatic carbocycles. The first kappa shape index (κ1) is 14.4. The van der Waals surface area contributed by atoms with Crippen LogP contribution >= 0.6 is 27.5 Å². The van der Waals surface area contributed by atoms with E-state index in [1.807, 2.05) is 12.1 Å². The summed E-state index contributed by atoms with van der Waals surface area (Å²) in [5.41, 5.74) is 3.41. The molecule has 3 rings (SSSR count). The van der Waals surface area contributed by atoms with Gasteiger partial charge in [0.15, 0.2) is 0 Å². The Kier molecular flexibility index (Phi) is 4.18. The molecule has 0 fully saturated rings. The topological polar surface area (TPSA) is 9.23 Å². The van der Waals surface area contributed by atoms with Crippen LogP contribution in [0.4, 0.5) is 0 Å². The molecule has 3 heteroatoms. The lowest BCUT2D eigenvalue weighted by Gasteiger charge is -2.16. The average molecular weight is 362 g/mol. The molecule has 0 atom stereocenters. The summed E-state index contributed by atoms with van der Waals surface area (Å²) in [4.78, 5) is 0. The van der Waals surface area contributed by atoms with Crippen LogP contribution in [0, 0.1) is 0 Å². The van der Waals surface area contributed by atoms with E-state index in [0.29, 0.717) is 5.02 Å². The Morgan fingerprint density at radius 2 is 1.81 bits per heavy atom.